The van der Waals surface area contributed by atoms with Crippen molar-refractivity contribution in [2.75, 3.05) is 17.3 Å². The van der Waals surface area contributed by atoms with E-state index in [1.165, 1.54) is 63.6 Å². The van der Waals surface area contributed by atoms with Crippen LogP contribution in [0.25, 0.3) is 0 Å². The molecule has 6 aromatic rings. The van der Waals surface area contributed by atoms with Crippen LogP contribution in [0.2, 0.25) is 0 Å². The van der Waals surface area contributed by atoms with Gasteiger partial charge in [0.15, 0.2) is 0 Å². The van der Waals surface area contributed by atoms with Crippen LogP contribution < -0.4 is 10.2 Å². The molecule has 2 heterocycles. The number of halogens is 6. The normalized spacial score (nSPS) is 16.0. The molecule has 14 heteroatoms. The topological polar surface area (TPSA) is 115 Å². The Balaban J connectivity index is 0.000000204. The fourth-order valence-electron chi connectivity index (χ4n) is 8.72. The number of benzene rings is 6. The third kappa shape index (κ3) is 11.2. The highest BCUT2D eigenvalue weighted by Crippen LogP contribution is 2.37. The summed E-state index contributed by atoms with van der Waals surface area (Å²) >= 11 is 0. The van der Waals surface area contributed by atoms with Gasteiger partial charge in [0.1, 0.15) is 23.6 Å². The van der Waals surface area contributed by atoms with E-state index in [1.54, 1.807) is 31.3 Å². The van der Waals surface area contributed by atoms with E-state index in [0.717, 1.165) is 61.1 Å². The number of phenolic OH excluding ortho intramolecular Hbond substituents is 2. The van der Waals surface area contributed by atoms with Gasteiger partial charge in [-0.3, -0.25) is 19.6 Å². The fraction of sp³-hybridized carbons (Fsp3) is 0.273. The Bertz CT molecular complexity index is 2930. The van der Waals surface area contributed by atoms with E-state index in [1.807, 2.05) is 12.1 Å². The molecule has 2 unspecified atom stereocenters. The van der Waals surface area contributed by atoms with Crippen LogP contribution in [-0.2, 0) is 60.5 Å². The molecule has 0 radical (unpaired) electrons. The number of amides is 2. The molecule has 0 spiro atoms. The van der Waals surface area contributed by atoms with Gasteiger partial charge in [0.05, 0.1) is 33.9 Å². The molecule has 2 aliphatic heterocycles. The van der Waals surface area contributed by atoms with Gasteiger partial charge in [-0.05, 0) is 144 Å². The summed E-state index contributed by atoms with van der Waals surface area (Å²) in [6, 6.07) is 29.3. The maximum absolute atomic E-state index is 13.6. The highest BCUT2D eigenvalue weighted by molar-refractivity contribution is 6.21. The van der Waals surface area contributed by atoms with E-state index in [4.69, 9.17) is 4.99 Å². The highest BCUT2D eigenvalue weighted by atomic mass is 19.4. The number of rotatable bonds is 10. The number of aryl methyl sites for hydroxylation is 4. The summed E-state index contributed by atoms with van der Waals surface area (Å²) in [5, 5.41) is 22.2. The van der Waals surface area contributed by atoms with Crippen LogP contribution in [0.1, 0.15) is 94.5 Å². The maximum Gasteiger partial charge on any atom is 0.416 e. The molecule has 2 aliphatic rings. The average Bonchev–Trinajstić information content (AvgIpc) is 3.53. The zero-order valence-electron chi connectivity index (χ0n) is 38.8. The fourth-order valence-corrected chi connectivity index (χ4v) is 8.72. The first-order chi connectivity index (χ1) is 32.8. The van der Waals surface area contributed by atoms with Crippen molar-refractivity contribution in [3.05, 3.63) is 188 Å². The van der Waals surface area contributed by atoms with Crippen LogP contribution in [0.5, 0.6) is 11.5 Å². The third-order valence-corrected chi connectivity index (χ3v) is 12.5. The quantitative estimate of drug-likeness (QED) is 0.119. The van der Waals surface area contributed by atoms with Gasteiger partial charge in [0, 0.05) is 42.1 Å². The highest BCUT2D eigenvalue weighted by Gasteiger charge is 2.36. The Hall–Kier alpha value is -7.22. The average molecular weight is 947 g/mol. The van der Waals surface area contributed by atoms with Crippen molar-refractivity contribution in [3.63, 3.8) is 0 Å². The summed E-state index contributed by atoms with van der Waals surface area (Å²) in [4.78, 5) is 37.3. The van der Waals surface area contributed by atoms with Crippen LogP contribution in [0.4, 0.5) is 37.7 Å². The Labute approximate surface area is 397 Å². The molecular weight excluding hydrogens is 895 g/mol. The second-order valence-corrected chi connectivity index (χ2v) is 17.0. The first-order valence-corrected chi connectivity index (χ1v) is 22.8. The smallest absolute Gasteiger partial charge is 0.416 e. The summed E-state index contributed by atoms with van der Waals surface area (Å²) in [6.07, 6.45) is -4.90. The molecule has 8 rings (SSSR count). The number of nitrogens with one attached hydrogen (secondary N) is 1. The van der Waals surface area contributed by atoms with Crippen molar-refractivity contribution < 1.29 is 46.1 Å². The number of hydrogen-bond donors (Lipinski definition) is 3. The number of carbonyl (C=O) groups is 2. The second-order valence-electron chi connectivity index (χ2n) is 17.0. The number of nitrogens with zero attached hydrogens (tertiary/aromatic N) is 3. The minimum atomic E-state index is -4.54. The van der Waals surface area contributed by atoms with Crippen molar-refractivity contribution in [1.29, 1.82) is 0 Å². The molecule has 0 saturated carbocycles. The number of aromatic hydroxyl groups is 2. The molecule has 0 saturated heterocycles. The first-order valence-electron chi connectivity index (χ1n) is 22.8. The van der Waals surface area contributed by atoms with Gasteiger partial charge in [-0.15, -0.1) is 0 Å². The van der Waals surface area contributed by atoms with Gasteiger partial charge >= 0.3 is 12.4 Å². The summed E-state index contributed by atoms with van der Waals surface area (Å²) in [5.41, 5.74) is 7.77. The second kappa shape index (κ2) is 20.6. The number of alkyl halides is 6. The lowest BCUT2D eigenvalue weighted by molar-refractivity contribution is -0.138. The summed E-state index contributed by atoms with van der Waals surface area (Å²) < 4.78 is 81.0. The van der Waals surface area contributed by atoms with E-state index in [0.29, 0.717) is 29.7 Å². The van der Waals surface area contributed by atoms with Gasteiger partial charge in [-0.25, -0.2) is 0 Å². The SMILES string of the molecule is CCc1ccc(CC2N=C(c3ccc(O)cc3)c3cc(C(F)(F)F)ccc3N(C)C2=O)cc1CC.CCc1ccc(CC2N=C(c3ccc(O)cc3)c3cc(C(F)(F)F)ccc3NC2=O)cc1CC. The summed E-state index contributed by atoms with van der Waals surface area (Å²) in [6.45, 7) is 8.34. The Morgan fingerprint density at radius 2 is 0.971 bits per heavy atom. The monoisotopic (exact) mass is 946 g/mol. The van der Waals surface area contributed by atoms with Gasteiger partial charge in [0.2, 0.25) is 5.91 Å². The van der Waals surface area contributed by atoms with Crippen molar-refractivity contribution in [2.24, 2.45) is 9.98 Å². The van der Waals surface area contributed by atoms with Crippen LogP contribution in [0.15, 0.2) is 131 Å². The molecule has 0 fully saturated rings. The number of carbonyl (C=O) groups excluding carboxylic acids is 2. The zero-order valence-corrected chi connectivity index (χ0v) is 38.8. The van der Waals surface area contributed by atoms with Gasteiger partial charge in [-0.1, -0.05) is 64.1 Å². The predicted molar refractivity (Wildman–Crippen MR) is 258 cm³/mol. The molecule has 8 nitrogen and oxygen atoms in total. The first kappa shape index (κ1) is 49.7. The molecule has 2 amide bonds. The Kier molecular flexibility index (Phi) is 14.8. The van der Waals surface area contributed by atoms with Crippen LogP contribution >= 0.6 is 0 Å². The number of aliphatic imine (C=N–C) groups is 2. The van der Waals surface area contributed by atoms with Crippen molar-refractivity contribution >= 4 is 34.6 Å². The molecule has 0 aromatic heterocycles. The number of fused-ring (bicyclic) bond motifs is 2. The molecule has 358 valence electrons. The lowest BCUT2D eigenvalue weighted by atomic mass is 9.96. The molecular formula is C55H52F6N4O4. The molecule has 3 N–H and O–H groups in total. The summed E-state index contributed by atoms with van der Waals surface area (Å²) in [5.74, 6) is -0.624. The minimum absolute atomic E-state index is 0.0242. The number of hydrogen-bond acceptors (Lipinski definition) is 6. The van der Waals surface area contributed by atoms with Crippen LogP contribution in [-0.4, -0.2) is 52.6 Å². The Morgan fingerprint density at radius 1 is 0.536 bits per heavy atom. The number of likely N-dealkylation sites (N-methyl/N-ethyl adjacent to an activating group) is 1. The zero-order chi connectivity index (χ0) is 49.8. The predicted octanol–water partition coefficient (Wildman–Crippen LogP) is 11.9. The maximum atomic E-state index is 13.6. The third-order valence-electron chi connectivity index (χ3n) is 12.5. The number of benzodiazepines with no additional fused rings is 2. The van der Waals surface area contributed by atoms with E-state index in [2.05, 4.69) is 62.3 Å². The van der Waals surface area contributed by atoms with Gasteiger partial charge in [0.25, 0.3) is 5.91 Å². The van der Waals surface area contributed by atoms with Crippen molar-refractivity contribution in [3.8, 4) is 11.5 Å². The molecule has 6 aromatic carbocycles. The molecule has 0 aliphatic carbocycles. The lowest BCUT2D eigenvalue weighted by Gasteiger charge is -2.21. The van der Waals surface area contributed by atoms with Crippen LogP contribution in [0, 0.1) is 0 Å². The van der Waals surface area contributed by atoms with E-state index < -0.39 is 35.6 Å². The van der Waals surface area contributed by atoms with E-state index in [9.17, 15) is 46.1 Å². The van der Waals surface area contributed by atoms with Crippen molar-refractivity contribution in [1.82, 2.24) is 0 Å². The standard InChI is InChI=1S/C28H27F3N2O2.C27H25F3N2O2/c1-4-18-7-6-17(14-19(18)5-2)15-24-27(35)33(3)25-13-10-21(28(29,30)31)16-23(25)26(32-24)20-8-11-22(34)12-9-20;1-3-17-6-5-16(13-18(17)4-2)14-24-26(34)32-23-12-9-20(27(28,29)30)15-22(23)25(31-24)19-7-10-21(33)11-8-19/h6-14,16,24,34H,4-5,15H2,1-3H3;5-13,15,24,33H,3-4,14H2,1-2H3,(H,32,34). The Morgan fingerprint density at radius 3 is 1.45 bits per heavy atom. The molecule has 2 atom stereocenters. The molecule has 69 heavy (non-hydrogen) atoms. The van der Waals surface area contributed by atoms with Crippen LogP contribution in [0.3, 0.4) is 0 Å². The van der Waals surface area contributed by atoms with Crippen molar-refractivity contribution in [2.45, 2.75) is 90.7 Å². The summed E-state index contributed by atoms with van der Waals surface area (Å²) in [7, 11) is 1.56. The number of phenols is 2. The van der Waals surface area contributed by atoms with E-state index >= 15 is 0 Å². The van der Waals surface area contributed by atoms with Gasteiger partial charge in [-0.2, -0.15) is 26.3 Å². The van der Waals surface area contributed by atoms with Gasteiger partial charge < -0.3 is 20.4 Å². The molecule has 0 bridgehead atoms. The minimum Gasteiger partial charge on any atom is -0.508 e. The number of anilines is 2. The largest absolute Gasteiger partial charge is 0.508 e. The van der Waals surface area contributed by atoms with E-state index in [-0.39, 0.29) is 51.6 Å². The lowest BCUT2D eigenvalue weighted by Crippen LogP contribution is -2.36.